The molecule has 0 saturated carbocycles. The van der Waals surface area contributed by atoms with Gasteiger partial charge < -0.3 is 9.72 Å². The summed E-state index contributed by atoms with van der Waals surface area (Å²) in [6.45, 7) is 5.87. The van der Waals surface area contributed by atoms with Gasteiger partial charge >= 0.3 is 0 Å². The number of rotatable bonds is 3. The number of nitrogens with one attached hydrogen (secondary N) is 1. The van der Waals surface area contributed by atoms with Crippen LogP contribution in [0.4, 0.5) is 0 Å². The highest BCUT2D eigenvalue weighted by Gasteiger charge is 2.11. The number of H-pyrrole nitrogens is 1. The average molecular weight is 196 g/mol. The third-order valence-electron chi connectivity index (χ3n) is 2.35. The Morgan fingerprint density at radius 3 is 2.64 bits per heavy atom. The third kappa shape index (κ3) is 1.95. The normalized spacial score (nSPS) is 12.6. The third-order valence-corrected chi connectivity index (χ3v) is 2.35. The number of hydrogen-bond donors (Lipinski definition) is 1. The Balaban J connectivity index is 3.21. The van der Waals surface area contributed by atoms with Crippen molar-refractivity contribution in [1.29, 1.82) is 0 Å². The molecule has 14 heavy (non-hydrogen) atoms. The molecule has 0 saturated heterocycles. The maximum absolute atomic E-state index is 11.5. The van der Waals surface area contributed by atoms with Crippen molar-refractivity contribution in [1.82, 2.24) is 9.97 Å². The number of hydrogen-bond acceptors (Lipinski definition) is 3. The Kier molecular flexibility index (Phi) is 3.28. The van der Waals surface area contributed by atoms with Gasteiger partial charge in [-0.05, 0) is 13.3 Å². The van der Waals surface area contributed by atoms with E-state index >= 15 is 0 Å². The Hall–Kier alpha value is -1.32. The van der Waals surface area contributed by atoms with Gasteiger partial charge in [0.2, 0.25) is 5.75 Å². The van der Waals surface area contributed by atoms with Crippen molar-refractivity contribution in [3.8, 4) is 5.75 Å². The topological polar surface area (TPSA) is 55.0 Å². The molecule has 1 aromatic heterocycles. The van der Waals surface area contributed by atoms with E-state index in [-0.39, 0.29) is 11.5 Å². The molecule has 0 aromatic carbocycles. The van der Waals surface area contributed by atoms with Crippen molar-refractivity contribution >= 4 is 0 Å². The fraction of sp³-hybridized carbons (Fsp3) is 0.600. The smallest absolute Gasteiger partial charge is 0.293 e. The minimum atomic E-state index is -0.199. The van der Waals surface area contributed by atoms with Gasteiger partial charge in [0.25, 0.3) is 5.56 Å². The highest BCUT2D eigenvalue weighted by atomic mass is 16.5. The monoisotopic (exact) mass is 196 g/mol. The zero-order chi connectivity index (χ0) is 10.7. The van der Waals surface area contributed by atoms with Gasteiger partial charge in [0, 0.05) is 5.92 Å². The minimum absolute atomic E-state index is 0.199. The van der Waals surface area contributed by atoms with Crippen molar-refractivity contribution < 1.29 is 4.74 Å². The van der Waals surface area contributed by atoms with Gasteiger partial charge in [-0.3, -0.25) is 4.79 Å². The number of ether oxygens (including phenoxy) is 1. The van der Waals surface area contributed by atoms with Gasteiger partial charge in [0.15, 0.2) is 0 Å². The highest BCUT2D eigenvalue weighted by molar-refractivity contribution is 5.23. The number of aromatic nitrogens is 2. The zero-order valence-corrected chi connectivity index (χ0v) is 9.05. The molecule has 1 unspecified atom stereocenters. The summed E-state index contributed by atoms with van der Waals surface area (Å²) in [6, 6.07) is 0. The lowest BCUT2D eigenvalue weighted by atomic mass is 10.1. The molecule has 0 aliphatic rings. The van der Waals surface area contributed by atoms with Gasteiger partial charge in [-0.1, -0.05) is 13.8 Å². The van der Waals surface area contributed by atoms with E-state index in [1.54, 1.807) is 6.92 Å². The lowest BCUT2D eigenvalue weighted by Crippen LogP contribution is -2.17. The molecule has 0 radical (unpaired) electrons. The van der Waals surface area contributed by atoms with Crippen LogP contribution in [0.25, 0.3) is 0 Å². The molecule has 1 N–H and O–H groups in total. The molecule has 0 spiro atoms. The zero-order valence-electron chi connectivity index (χ0n) is 9.05. The molecule has 0 fully saturated rings. The standard InChI is InChI=1S/C10H16N2O2/c1-5-6(2)9-11-7(3)8(14-4)10(13)12-9/h6H,5H2,1-4H3,(H,11,12,13). The Morgan fingerprint density at radius 2 is 2.21 bits per heavy atom. The predicted molar refractivity (Wildman–Crippen MR) is 54.9 cm³/mol. The van der Waals surface area contributed by atoms with Crippen molar-refractivity contribution in [3.05, 3.63) is 21.9 Å². The number of aromatic amines is 1. The van der Waals surface area contributed by atoms with Crippen LogP contribution >= 0.6 is 0 Å². The highest BCUT2D eigenvalue weighted by Crippen LogP contribution is 2.15. The van der Waals surface area contributed by atoms with E-state index in [1.807, 2.05) is 6.92 Å². The Morgan fingerprint density at radius 1 is 1.57 bits per heavy atom. The first-order valence-electron chi connectivity index (χ1n) is 4.75. The second kappa shape index (κ2) is 4.26. The lowest BCUT2D eigenvalue weighted by molar-refractivity contribution is 0.400. The molecule has 78 valence electrons. The molecular weight excluding hydrogens is 180 g/mol. The average Bonchev–Trinajstić information content (AvgIpc) is 2.16. The summed E-state index contributed by atoms with van der Waals surface area (Å²) in [5.74, 6) is 1.31. The fourth-order valence-corrected chi connectivity index (χ4v) is 1.26. The second-order valence-electron chi connectivity index (χ2n) is 3.38. The fourth-order valence-electron chi connectivity index (χ4n) is 1.26. The lowest BCUT2D eigenvalue weighted by Gasteiger charge is -2.09. The summed E-state index contributed by atoms with van der Waals surface area (Å²) in [7, 11) is 1.47. The van der Waals surface area contributed by atoms with Crippen molar-refractivity contribution in [2.45, 2.75) is 33.1 Å². The van der Waals surface area contributed by atoms with E-state index in [0.717, 1.165) is 12.2 Å². The predicted octanol–water partition coefficient (Wildman–Crippen LogP) is 1.60. The van der Waals surface area contributed by atoms with E-state index in [2.05, 4.69) is 16.9 Å². The van der Waals surface area contributed by atoms with E-state index in [9.17, 15) is 4.79 Å². The molecular formula is C10H16N2O2. The summed E-state index contributed by atoms with van der Waals surface area (Å²) >= 11 is 0. The number of nitrogens with zero attached hydrogens (tertiary/aromatic N) is 1. The summed E-state index contributed by atoms with van der Waals surface area (Å²) in [5.41, 5.74) is 0.446. The largest absolute Gasteiger partial charge is 0.490 e. The van der Waals surface area contributed by atoms with Crippen molar-refractivity contribution in [3.63, 3.8) is 0 Å². The quantitative estimate of drug-likeness (QED) is 0.798. The summed E-state index contributed by atoms with van der Waals surface area (Å²) in [5, 5.41) is 0. The van der Waals surface area contributed by atoms with Crippen LogP contribution < -0.4 is 10.3 Å². The maximum Gasteiger partial charge on any atom is 0.293 e. The minimum Gasteiger partial charge on any atom is -0.490 e. The summed E-state index contributed by atoms with van der Waals surface area (Å²) in [4.78, 5) is 18.5. The molecule has 1 atom stereocenters. The van der Waals surface area contributed by atoms with E-state index < -0.39 is 0 Å². The van der Waals surface area contributed by atoms with E-state index in [0.29, 0.717) is 11.4 Å². The first-order valence-corrected chi connectivity index (χ1v) is 4.75. The molecule has 1 heterocycles. The van der Waals surface area contributed by atoms with Crippen LogP contribution in [0.3, 0.4) is 0 Å². The molecule has 0 aliphatic heterocycles. The van der Waals surface area contributed by atoms with Crippen LogP contribution in [0.1, 0.15) is 37.7 Å². The first-order chi connectivity index (χ1) is 6.60. The molecule has 0 bridgehead atoms. The van der Waals surface area contributed by atoms with Crippen LogP contribution in [-0.2, 0) is 0 Å². The van der Waals surface area contributed by atoms with Gasteiger partial charge in [0.05, 0.1) is 12.8 Å². The van der Waals surface area contributed by atoms with Crippen molar-refractivity contribution in [2.24, 2.45) is 0 Å². The maximum atomic E-state index is 11.5. The van der Waals surface area contributed by atoms with Crippen LogP contribution in [-0.4, -0.2) is 17.1 Å². The summed E-state index contributed by atoms with van der Waals surface area (Å²) < 4.78 is 4.94. The second-order valence-corrected chi connectivity index (χ2v) is 3.38. The van der Waals surface area contributed by atoms with Crippen LogP contribution in [0.5, 0.6) is 5.75 Å². The summed E-state index contributed by atoms with van der Waals surface area (Å²) in [6.07, 6.45) is 0.953. The van der Waals surface area contributed by atoms with Gasteiger partial charge in [-0.15, -0.1) is 0 Å². The van der Waals surface area contributed by atoms with Crippen LogP contribution in [0.15, 0.2) is 4.79 Å². The van der Waals surface area contributed by atoms with E-state index in [1.165, 1.54) is 7.11 Å². The first kappa shape index (κ1) is 10.8. The van der Waals surface area contributed by atoms with Crippen LogP contribution in [0, 0.1) is 6.92 Å². The molecule has 1 rings (SSSR count). The number of methoxy groups -OCH3 is 1. The molecule has 4 heteroatoms. The van der Waals surface area contributed by atoms with Crippen molar-refractivity contribution in [2.75, 3.05) is 7.11 Å². The van der Waals surface area contributed by atoms with Crippen LogP contribution in [0.2, 0.25) is 0 Å². The van der Waals surface area contributed by atoms with Gasteiger partial charge in [-0.25, -0.2) is 4.98 Å². The molecule has 0 aliphatic carbocycles. The molecule has 4 nitrogen and oxygen atoms in total. The van der Waals surface area contributed by atoms with E-state index in [4.69, 9.17) is 4.74 Å². The SMILES string of the molecule is CCC(C)c1nc(C)c(OC)c(=O)[nH]1. The van der Waals surface area contributed by atoms with Gasteiger partial charge in [0.1, 0.15) is 5.82 Å². The molecule has 1 aromatic rings. The Labute approximate surface area is 83.3 Å². The number of aryl methyl sites for hydroxylation is 1. The Bertz CT molecular complexity index is 371. The van der Waals surface area contributed by atoms with Gasteiger partial charge in [-0.2, -0.15) is 0 Å². The molecule has 0 amide bonds.